The Morgan fingerprint density at radius 1 is 0.731 bits per heavy atom. The molecule has 0 unspecified atom stereocenters. The van der Waals surface area contributed by atoms with Crippen LogP contribution in [0.15, 0.2) is 134 Å². The molecule has 2 aliphatic rings. The summed E-state index contributed by atoms with van der Waals surface area (Å²) in [6, 6.07) is 50.9. The van der Waals surface area contributed by atoms with Crippen LogP contribution in [0.1, 0.15) is 126 Å². The van der Waals surface area contributed by atoms with E-state index in [9.17, 15) is 0 Å². The summed E-state index contributed by atoms with van der Waals surface area (Å²) in [7, 11) is -1.80. The van der Waals surface area contributed by atoms with Crippen molar-refractivity contribution < 1.29 is 27.0 Å². The monoisotopic (exact) mass is 1080 g/mol. The van der Waals surface area contributed by atoms with Crippen LogP contribution in [0.4, 0.5) is 0 Å². The zero-order chi connectivity index (χ0) is 50.6. The van der Waals surface area contributed by atoms with Gasteiger partial charge in [-0.15, -0.1) is 64.7 Å². The van der Waals surface area contributed by atoms with Gasteiger partial charge >= 0.3 is 0 Å². The van der Waals surface area contributed by atoms with E-state index in [4.69, 9.17) is 11.8 Å². The molecule has 1 fully saturated rings. The fraction of sp³-hybridized carbons (Fsp3) is 0.323. The molecule has 3 nitrogen and oxygen atoms in total. The third kappa shape index (κ3) is 9.76. The molecule has 6 aromatic carbocycles. The number of pyridine rings is 1. The fourth-order valence-corrected chi connectivity index (χ4v) is 11.6. The molecule has 2 aliphatic carbocycles. The Bertz CT molecular complexity index is 3190. The summed E-state index contributed by atoms with van der Waals surface area (Å²) in [5.41, 5.74) is 17.1. The molecule has 0 saturated heterocycles. The Balaban J connectivity index is 0.000000204. The van der Waals surface area contributed by atoms with Gasteiger partial charge in [0.25, 0.3) is 0 Å². The standard InChI is InChI=1S/C40H37N2.C22H30NSi.Ir/c1-25(2)30-15-12-16-31(26(3)4)38(30)42-37-18-11-10-17-36(37)41-39(42)29-20-22-35-33(24-29)32-23-28(27-13-8-7-9-14-27)19-21-34(32)40(35,5)6;1-17-10-12-19(13-11-17)21-15-20(14-18-8-6-5-7-9-18)22(16-23-21)24(2,3)4;/h7-19,21-26H,1-6H3;10-12,15-16,18H,5-9,14H2,1-4H3;/q2*-1;/i;1D3,14D2;. The number of para-hydroxylation sites is 3. The molecule has 345 valence electrons. The number of benzene rings is 6. The van der Waals surface area contributed by atoms with Gasteiger partial charge in [-0.1, -0.05) is 190 Å². The average molecular weight is 1080 g/mol. The predicted molar refractivity (Wildman–Crippen MR) is 283 cm³/mol. The number of hydrogen-bond donors (Lipinski definition) is 0. The second kappa shape index (κ2) is 19.8. The van der Waals surface area contributed by atoms with E-state index in [2.05, 4.69) is 186 Å². The van der Waals surface area contributed by atoms with Crippen molar-refractivity contribution in [1.29, 1.82) is 0 Å². The van der Waals surface area contributed by atoms with Gasteiger partial charge in [0.05, 0.1) is 24.9 Å². The number of imidazole rings is 1. The average Bonchev–Trinajstić information content (AvgIpc) is 3.85. The van der Waals surface area contributed by atoms with Gasteiger partial charge in [-0.3, -0.25) is 4.98 Å². The smallest absolute Gasteiger partial charge is 0.0798 e. The largest absolute Gasteiger partial charge is 0.333 e. The Morgan fingerprint density at radius 3 is 2.09 bits per heavy atom. The van der Waals surface area contributed by atoms with Gasteiger partial charge in [0, 0.05) is 38.8 Å². The molecular formula is C62H67IrN3Si-2. The SMILES string of the molecule is CC(C)c1cccc(C(C)C)c1-n1c(-c2[c-]cc3c(c2)-c2cc(-c4ccccc4)ccc2C3(C)C)nc2ccccc21.[2H]C([2H])([2H])c1c[c-]c(-c2cc(C([2H])([2H])C3CCCCC3)c([Si](C)(C)C)cn2)cc1.[Ir]. The molecule has 0 N–H and O–H groups in total. The molecule has 2 heterocycles. The van der Waals surface area contributed by atoms with Crippen LogP contribution in [-0.4, -0.2) is 22.6 Å². The Hall–Kier alpha value is -5.19. The fourth-order valence-electron chi connectivity index (χ4n) is 10.2. The van der Waals surface area contributed by atoms with Crippen molar-refractivity contribution in [2.75, 3.05) is 0 Å². The van der Waals surface area contributed by atoms with Crippen LogP contribution in [-0.2, 0) is 31.9 Å². The molecular weight excluding hydrogens is 1010 g/mol. The van der Waals surface area contributed by atoms with E-state index in [-0.39, 0.29) is 37.0 Å². The van der Waals surface area contributed by atoms with Gasteiger partial charge in [0.2, 0.25) is 0 Å². The van der Waals surface area contributed by atoms with Gasteiger partial charge in [-0.05, 0) is 92.0 Å². The van der Waals surface area contributed by atoms with E-state index in [0.717, 1.165) is 58.9 Å². The zero-order valence-electron chi connectivity index (χ0n) is 45.6. The van der Waals surface area contributed by atoms with Crippen molar-refractivity contribution in [1.82, 2.24) is 14.5 Å². The Kier molecular flexibility index (Phi) is 12.4. The molecule has 5 heteroatoms. The van der Waals surface area contributed by atoms with Crippen LogP contribution in [0.5, 0.6) is 0 Å². The first-order valence-electron chi connectivity index (χ1n) is 26.6. The van der Waals surface area contributed by atoms with E-state index < -0.39 is 21.3 Å². The van der Waals surface area contributed by atoms with Gasteiger partial charge in [-0.25, -0.2) is 0 Å². The molecule has 10 rings (SSSR count). The van der Waals surface area contributed by atoms with Crippen LogP contribution < -0.4 is 5.19 Å². The molecule has 0 atom stereocenters. The summed E-state index contributed by atoms with van der Waals surface area (Å²) in [5.74, 6) is 1.73. The number of rotatable bonds is 9. The number of aryl methyl sites for hydroxylation is 1. The Labute approximate surface area is 422 Å². The van der Waals surface area contributed by atoms with Crippen molar-refractivity contribution in [2.45, 2.75) is 124 Å². The zero-order valence-corrected chi connectivity index (χ0v) is 44.0. The summed E-state index contributed by atoms with van der Waals surface area (Å²) in [4.78, 5) is 9.90. The third-order valence-electron chi connectivity index (χ3n) is 13.8. The maximum absolute atomic E-state index is 9.03. The van der Waals surface area contributed by atoms with Crippen LogP contribution in [0.3, 0.4) is 0 Å². The van der Waals surface area contributed by atoms with E-state index in [1.54, 1.807) is 12.1 Å². The van der Waals surface area contributed by atoms with Gasteiger partial charge in [0.15, 0.2) is 0 Å². The van der Waals surface area contributed by atoms with Crippen molar-refractivity contribution in [3.05, 3.63) is 179 Å². The van der Waals surface area contributed by atoms with Crippen molar-refractivity contribution in [3.8, 4) is 50.6 Å². The van der Waals surface area contributed by atoms with Crippen molar-refractivity contribution in [3.63, 3.8) is 0 Å². The molecule has 2 aromatic heterocycles. The maximum atomic E-state index is 9.03. The van der Waals surface area contributed by atoms with Gasteiger partial charge in [0.1, 0.15) is 0 Å². The van der Waals surface area contributed by atoms with Gasteiger partial charge in [-0.2, -0.15) is 0 Å². The van der Waals surface area contributed by atoms with E-state index in [1.807, 2.05) is 12.3 Å². The molecule has 1 saturated carbocycles. The van der Waals surface area contributed by atoms with Crippen molar-refractivity contribution >= 4 is 24.3 Å². The molecule has 8 aromatic rings. The molecule has 67 heavy (non-hydrogen) atoms. The number of hydrogen-bond acceptors (Lipinski definition) is 2. The second-order valence-electron chi connectivity index (χ2n) is 20.6. The third-order valence-corrected chi connectivity index (χ3v) is 15.9. The van der Waals surface area contributed by atoms with Crippen LogP contribution in [0.2, 0.25) is 19.6 Å². The minimum atomic E-state index is -2.16. The number of nitrogens with zero attached hydrogens (tertiary/aromatic N) is 3. The molecule has 0 aliphatic heterocycles. The minimum Gasteiger partial charge on any atom is -0.333 e. The van der Waals surface area contributed by atoms with Crippen LogP contribution in [0.25, 0.3) is 61.6 Å². The molecule has 0 amide bonds. The second-order valence-corrected chi connectivity index (χ2v) is 25.7. The molecule has 0 bridgehead atoms. The van der Waals surface area contributed by atoms with Gasteiger partial charge < -0.3 is 9.55 Å². The topological polar surface area (TPSA) is 30.7 Å². The quantitative estimate of drug-likeness (QED) is 0.107. The summed E-state index contributed by atoms with van der Waals surface area (Å²) >= 11 is 0. The van der Waals surface area contributed by atoms with Crippen LogP contribution >= 0.6 is 0 Å². The first-order chi connectivity index (χ1) is 33.7. The van der Waals surface area contributed by atoms with E-state index in [0.29, 0.717) is 23.1 Å². The summed E-state index contributed by atoms with van der Waals surface area (Å²) in [5, 5.41) is 1.07. The number of fused-ring (bicyclic) bond motifs is 4. The summed E-state index contributed by atoms with van der Waals surface area (Å²) in [6.45, 7) is 18.3. The van der Waals surface area contributed by atoms with E-state index in [1.165, 1.54) is 62.7 Å². The summed E-state index contributed by atoms with van der Waals surface area (Å²) in [6.07, 6.45) is 5.68. The molecule has 0 spiro atoms. The maximum Gasteiger partial charge on any atom is 0.0798 e. The van der Waals surface area contributed by atoms with Crippen molar-refractivity contribution in [2.24, 2.45) is 5.92 Å². The number of aromatic nitrogens is 3. The minimum absolute atomic E-state index is 0. The normalized spacial score (nSPS) is 15.9. The van der Waals surface area contributed by atoms with E-state index >= 15 is 0 Å². The first kappa shape index (κ1) is 42.0. The molecule has 1 radical (unpaired) electrons. The Morgan fingerprint density at radius 2 is 1.42 bits per heavy atom. The first-order valence-corrected chi connectivity index (χ1v) is 27.6. The van der Waals surface area contributed by atoms with Crippen LogP contribution in [0, 0.1) is 24.9 Å². The predicted octanol–water partition coefficient (Wildman–Crippen LogP) is 16.2. The summed E-state index contributed by atoms with van der Waals surface area (Å²) < 4.78 is 43.1.